The molecule has 4 rings (SSSR count). The number of carbonyl (C=O) groups excluding carboxylic acids is 1. The Balaban J connectivity index is 1.38. The highest BCUT2D eigenvalue weighted by molar-refractivity contribution is 5.92. The van der Waals surface area contributed by atoms with E-state index in [1.807, 2.05) is 13.0 Å². The largest absolute Gasteiger partial charge is 0.496 e. The molecule has 1 aliphatic carbocycles. The standard InChI is InChI=1S/C23H33N5O3/c1-16-21(30-2)10-7-17(22(16)31-3)14-27-12-5-4-6-19(27)11-13-28-15-20(25-26-28)23(29)24-18-8-9-18/h7,10,15,18-19H,4-6,8-9,11-14H2,1-3H3,(H,24,29)/t19-/m1/s1. The zero-order chi connectivity index (χ0) is 21.8. The normalized spacial score (nSPS) is 19.3. The zero-order valence-corrected chi connectivity index (χ0v) is 18.8. The van der Waals surface area contributed by atoms with E-state index in [-0.39, 0.29) is 5.91 Å². The molecular weight excluding hydrogens is 394 g/mol. The van der Waals surface area contributed by atoms with Crippen molar-refractivity contribution in [1.29, 1.82) is 0 Å². The van der Waals surface area contributed by atoms with Crippen LogP contribution in [0.4, 0.5) is 0 Å². The number of hydrogen-bond acceptors (Lipinski definition) is 6. The maximum atomic E-state index is 12.1. The molecule has 2 aromatic rings. The van der Waals surface area contributed by atoms with Crippen LogP contribution in [0.5, 0.6) is 11.5 Å². The molecule has 2 fully saturated rings. The molecule has 1 aliphatic heterocycles. The van der Waals surface area contributed by atoms with E-state index in [1.165, 1.54) is 24.8 Å². The number of aromatic nitrogens is 3. The smallest absolute Gasteiger partial charge is 0.273 e. The number of aryl methyl sites for hydroxylation is 1. The lowest BCUT2D eigenvalue weighted by atomic mass is 9.98. The summed E-state index contributed by atoms with van der Waals surface area (Å²) in [6, 6.07) is 4.93. The van der Waals surface area contributed by atoms with Gasteiger partial charge in [-0.25, -0.2) is 0 Å². The fraction of sp³-hybridized carbons (Fsp3) is 0.609. The summed E-state index contributed by atoms with van der Waals surface area (Å²) in [6.07, 6.45) is 8.49. The number of piperidine rings is 1. The molecule has 168 valence electrons. The third-order valence-electron chi connectivity index (χ3n) is 6.36. The number of likely N-dealkylation sites (tertiary alicyclic amines) is 1. The molecule has 8 nitrogen and oxygen atoms in total. The van der Waals surface area contributed by atoms with Gasteiger partial charge in [-0.2, -0.15) is 0 Å². The summed E-state index contributed by atoms with van der Waals surface area (Å²) < 4.78 is 13.0. The van der Waals surface area contributed by atoms with Crippen LogP contribution in [0.15, 0.2) is 18.3 Å². The van der Waals surface area contributed by atoms with E-state index in [1.54, 1.807) is 25.1 Å². The topological polar surface area (TPSA) is 81.5 Å². The summed E-state index contributed by atoms with van der Waals surface area (Å²) in [7, 11) is 3.41. The predicted octanol–water partition coefficient (Wildman–Crippen LogP) is 2.94. The molecule has 31 heavy (non-hydrogen) atoms. The van der Waals surface area contributed by atoms with E-state index >= 15 is 0 Å². The Hall–Kier alpha value is -2.61. The minimum atomic E-state index is -0.116. The van der Waals surface area contributed by atoms with Gasteiger partial charge in [0.15, 0.2) is 5.69 Å². The van der Waals surface area contributed by atoms with Crippen molar-refractivity contribution >= 4 is 5.91 Å². The van der Waals surface area contributed by atoms with E-state index in [4.69, 9.17) is 9.47 Å². The van der Waals surface area contributed by atoms with Crippen LogP contribution in [-0.2, 0) is 13.1 Å². The van der Waals surface area contributed by atoms with Gasteiger partial charge in [0.05, 0.1) is 20.4 Å². The highest BCUT2D eigenvalue weighted by Crippen LogP contribution is 2.33. The Morgan fingerprint density at radius 1 is 1.19 bits per heavy atom. The van der Waals surface area contributed by atoms with Crippen LogP contribution in [-0.4, -0.2) is 58.6 Å². The molecule has 0 bridgehead atoms. The number of nitrogens with zero attached hydrogens (tertiary/aromatic N) is 4. The average Bonchev–Trinajstić information content (AvgIpc) is 3.46. The SMILES string of the molecule is COc1ccc(CN2CCCC[C@@H]2CCn2cc(C(=O)NC3CC3)nn2)c(OC)c1C. The van der Waals surface area contributed by atoms with Gasteiger partial charge >= 0.3 is 0 Å². The summed E-state index contributed by atoms with van der Waals surface area (Å²) in [6.45, 7) is 4.72. The van der Waals surface area contributed by atoms with E-state index < -0.39 is 0 Å². The third-order valence-corrected chi connectivity index (χ3v) is 6.36. The molecule has 1 aromatic carbocycles. The van der Waals surface area contributed by atoms with Gasteiger partial charge in [0.2, 0.25) is 0 Å². The molecule has 1 amide bonds. The molecule has 1 N–H and O–H groups in total. The van der Waals surface area contributed by atoms with Crippen molar-refractivity contribution in [2.75, 3.05) is 20.8 Å². The second-order valence-corrected chi connectivity index (χ2v) is 8.61. The van der Waals surface area contributed by atoms with Crippen molar-refractivity contribution in [3.8, 4) is 11.5 Å². The summed E-state index contributed by atoms with van der Waals surface area (Å²) in [5.74, 6) is 1.64. The monoisotopic (exact) mass is 427 g/mol. The molecule has 2 heterocycles. The average molecular weight is 428 g/mol. The number of amides is 1. The summed E-state index contributed by atoms with van der Waals surface area (Å²) in [4.78, 5) is 14.7. The molecule has 1 atom stereocenters. The van der Waals surface area contributed by atoms with E-state index in [0.29, 0.717) is 17.8 Å². The lowest BCUT2D eigenvalue weighted by molar-refractivity contribution is 0.0946. The second-order valence-electron chi connectivity index (χ2n) is 8.61. The van der Waals surface area contributed by atoms with Gasteiger partial charge in [-0.3, -0.25) is 14.4 Å². The molecule has 0 spiro atoms. The molecular formula is C23H33N5O3. The Morgan fingerprint density at radius 2 is 2.03 bits per heavy atom. The van der Waals surface area contributed by atoms with Crippen LogP contribution in [0.2, 0.25) is 0 Å². The van der Waals surface area contributed by atoms with E-state index in [2.05, 4.69) is 26.6 Å². The van der Waals surface area contributed by atoms with E-state index in [9.17, 15) is 4.79 Å². The maximum absolute atomic E-state index is 12.1. The third kappa shape index (κ3) is 5.18. The van der Waals surface area contributed by atoms with Crippen molar-refractivity contribution in [3.63, 3.8) is 0 Å². The van der Waals surface area contributed by atoms with Gasteiger partial charge < -0.3 is 14.8 Å². The molecule has 1 saturated carbocycles. The minimum absolute atomic E-state index is 0.116. The number of nitrogens with one attached hydrogen (secondary N) is 1. The van der Waals surface area contributed by atoms with Crippen LogP contribution in [0.25, 0.3) is 0 Å². The lowest BCUT2D eigenvalue weighted by Gasteiger charge is -2.36. The predicted molar refractivity (Wildman–Crippen MR) is 117 cm³/mol. The van der Waals surface area contributed by atoms with Crippen LogP contribution < -0.4 is 14.8 Å². The van der Waals surface area contributed by atoms with Gasteiger partial charge in [0, 0.05) is 36.3 Å². The Kier molecular flexibility index (Phi) is 6.75. The van der Waals surface area contributed by atoms with Gasteiger partial charge in [-0.1, -0.05) is 17.7 Å². The van der Waals surface area contributed by atoms with Crippen molar-refractivity contribution in [2.45, 2.75) is 70.6 Å². The number of ether oxygens (including phenoxy) is 2. The minimum Gasteiger partial charge on any atom is -0.496 e. The fourth-order valence-corrected chi connectivity index (χ4v) is 4.45. The van der Waals surface area contributed by atoms with Crippen molar-refractivity contribution in [2.24, 2.45) is 0 Å². The first-order valence-electron chi connectivity index (χ1n) is 11.2. The van der Waals surface area contributed by atoms with Crippen molar-refractivity contribution < 1.29 is 14.3 Å². The molecule has 1 saturated heterocycles. The molecule has 2 aliphatic rings. The Bertz CT molecular complexity index is 909. The summed E-state index contributed by atoms with van der Waals surface area (Å²) >= 11 is 0. The summed E-state index contributed by atoms with van der Waals surface area (Å²) in [5.41, 5.74) is 2.63. The Labute approximate surface area is 183 Å². The molecule has 8 heteroatoms. The highest BCUT2D eigenvalue weighted by Gasteiger charge is 2.26. The van der Waals surface area contributed by atoms with E-state index in [0.717, 1.165) is 56.0 Å². The maximum Gasteiger partial charge on any atom is 0.273 e. The van der Waals surface area contributed by atoms with Crippen LogP contribution in [0.1, 0.15) is 60.1 Å². The Morgan fingerprint density at radius 3 is 2.77 bits per heavy atom. The van der Waals surface area contributed by atoms with Gasteiger partial charge in [-0.05, 0) is 51.6 Å². The number of hydrogen-bond donors (Lipinski definition) is 1. The van der Waals surface area contributed by atoms with Crippen LogP contribution >= 0.6 is 0 Å². The first-order valence-corrected chi connectivity index (χ1v) is 11.2. The van der Waals surface area contributed by atoms with Gasteiger partial charge in [-0.15, -0.1) is 5.10 Å². The van der Waals surface area contributed by atoms with Crippen molar-refractivity contribution in [3.05, 3.63) is 35.2 Å². The second kappa shape index (κ2) is 9.68. The summed E-state index contributed by atoms with van der Waals surface area (Å²) in [5, 5.41) is 11.2. The van der Waals surface area contributed by atoms with Crippen LogP contribution in [0.3, 0.4) is 0 Å². The zero-order valence-electron chi connectivity index (χ0n) is 18.8. The first kappa shape index (κ1) is 21.6. The van der Waals surface area contributed by atoms with Crippen LogP contribution in [0, 0.1) is 6.92 Å². The quantitative estimate of drug-likeness (QED) is 0.663. The number of carbonyl (C=O) groups is 1. The number of methoxy groups -OCH3 is 2. The lowest BCUT2D eigenvalue weighted by Crippen LogP contribution is -2.39. The molecule has 1 aromatic heterocycles. The highest BCUT2D eigenvalue weighted by atomic mass is 16.5. The molecule has 0 radical (unpaired) electrons. The van der Waals surface area contributed by atoms with Crippen molar-refractivity contribution in [1.82, 2.24) is 25.2 Å². The molecule has 0 unspecified atom stereocenters. The van der Waals surface area contributed by atoms with Gasteiger partial charge in [0.1, 0.15) is 11.5 Å². The van der Waals surface area contributed by atoms with Gasteiger partial charge in [0.25, 0.3) is 5.91 Å². The number of rotatable bonds is 9. The number of benzene rings is 1. The fourth-order valence-electron chi connectivity index (χ4n) is 4.45. The first-order chi connectivity index (χ1) is 15.1.